The van der Waals surface area contributed by atoms with Crippen molar-refractivity contribution >= 4 is 11.6 Å². The number of benzene rings is 1. The van der Waals surface area contributed by atoms with Gasteiger partial charge in [-0.1, -0.05) is 23.7 Å². The van der Waals surface area contributed by atoms with Crippen molar-refractivity contribution in [3.8, 4) is 0 Å². The van der Waals surface area contributed by atoms with Gasteiger partial charge in [-0.2, -0.15) is 0 Å². The van der Waals surface area contributed by atoms with E-state index in [1.165, 1.54) is 5.56 Å². The molecular formula is C13H19ClN2O. The molecule has 2 atom stereocenters. The summed E-state index contributed by atoms with van der Waals surface area (Å²) in [7, 11) is 2.11. The van der Waals surface area contributed by atoms with Crippen LogP contribution in [0.2, 0.25) is 5.02 Å². The molecule has 1 fully saturated rings. The zero-order valence-electron chi connectivity index (χ0n) is 10.1. The third kappa shape index (κ3) is 3.68. The van der Waals surface area contributed by atoms with Gasteiger partial charge < -0.3 is 15.4 Å². The second-order valence-electron chi connectivity index (χ2n) is 4.78. The molecule has 1 aliphatic rings. The lowest BCUT2D eigenvalue weighted by Gasteiger charge is -2.22. The molecule has 1 aromatic rings. The Morgan fingerprint density at radius 3 is 2.65 bits per heavy atom. The Balaban J connectivity index is 1.84. The molecule has 1 saturated heterocycles. The lowest BCUT2D eigenvalue weighted by atomic mass is 10.0. The van der Waals surface area contributed by atoms with Crippen LogP contribution in [0, 0.1) is 5.92 Å². The molecular weight excluding hydrogens is 236 g/mol. The van der Waals surface area contributed by atoms with Crippen molar-refractivity contribution < 1.29 is 4.74 Å². The van der Waals surface area contributed by atoms with Gasteiger partial charge >= 0.3 is 0 Å². The number of halogens is 1. The molecule has 0 aliphatic carbocycles. The molecule has 2 rings (SSSR count). The fourth-order valence-electron chi connectivity index (χ4n) is 2.17. The standard InChI is InChI=1S/C13H19ClN2O/c1-16(7-11-8-17-9-13(11)15)6-10-2-4-12(14)5-3-10/h2-5,11,13H,6-9,15H2,1H3. The maximum Gasteiger partial charge on any atom is 0.0621 e. The van der Waals surface area contributed by atoms with Gasteiger partial charge in [0.1, 0.15) is 0 Å². The number of rotatable bonds is 4. The van der Waals surface area contributed by atoms with E-state index < -0.39 is 0 Å². The van der Waals surface area contributed by atoms with Gasteiger partial charge in [0, 0.05) is 30.1 Å². The smallest absolute Gasteiger partial charge is 0.0621 e. The monoisotopic (exact) mass is 254 g/mol. The molecule has 1 aromatic carbocycles. The number of nitrogens with two attached hydrogens (primary N) is 1. The SMILES string of the molecule is CN(Cc1ccc(Cl)cc1)CC1COCC1N. The molecule has 2 N–H and O–H groups in total. The van der Waals surface area contributed by atoms with Crippen LogP contribution in [0.3, 0.4) is 0 Å². The third-order valence-electron chi connectivity index (χ3n) is 3.16. The average Bonchev–Trinajstić information content (AvgIpc) is 2.68. The van der Waals surface area contributed by atoms with Crippen LogP contribution in [0.1, 0.15) is 5.56 Å². The van der Waals surface area contributed by atoms with Crippen molar-refractivity contribution in [1.82, 2.24) is 4.90 Å². The summed E-state index contributed by atoms with van der Waals surface area (Å²) in [6.45, 7) is 3.37. The van der Waals surface area contributed by atoms with Gasteiger partial charge in [-0.25, -0.2) is 0 Å². The lowest BCUT2D eigenvalue weighted by molar-refractivity contribution is 0.172. The van der Waals surface area contributed by atoms with Crippen molar-refractivity contribution in [3.05, 3.63) is 34.9 Å². The van der Waals surface area contributed by atoms with Gasteiger partial charge in [0.25, 0.3) is 0 Å². The van der Waals surface area contributed by atoms with E-state index >= 15 is 0 Å². The Bertz CT molecular complexity index is 355. The Kier molecular flexibility index (Phi) is 4.40. The summed E-state index contributed by atoms with van der Waals surface area (Å²) in [5.74, 6) is 0.451. The molecule has 0 spiro atoms. The number of hydrogen-bond donors (Lipinski definition) is 1. The van der Waals surface area contributed by atoms with Crippen molar-refractivity contribution in [3.63, 3.8) is 0 Å². The van der Waals surface area contributed by atoms with Crippen LogP contribution in [0.5, 0.6) is 0 Å². The number of nitrogens with zero attached hydrogens (tertiary/aromatic N) is 1. The zero-order chi connectivity index (χ0) is 12.3. The maximum absolute atomic E-state index is 5.97. The fraction of sp³-hybridized carbons (Fsp3) is 0.538. The average molecular weight is 255 g/mol. The first-order valence-corrected chi connectivity index (χ1v) is 6.29. The predicted molar refractivity (Wildman–Crippen MR) is 70.1 cm³/mol. The highest BCUT2D eigenvalue weighted by atomic mass is 35.5. The second-order valence-corrected chi connectivity index (χ2v) is 5.22. The van der Waals surface area contributed by atoms with Crippen LogP contribution in [-0.4, -0.2) is 37.7 Å². The summed E-state index contributed by atoms with van der Waals surface area (Å²) < 4.78 is 5.37. The van der Waals surface area contributed by atoms with Crippen LogP contribution in [0.15, 0.2) is 24.3 Å². The number of hydrogen-bond acceptors (Lipinski definition) is 3. The van der Waals surface area contributed by atoms with Crippen molar-refractivity contribution in [2.24, 2.45) is 11.7 Å². The Morgan fingerprint density at radius 2 is 2.06 bits per heavy atom. The first kappa shape index (κ1) is 12.8. The van der Waals surface area contributed by atoms with Gasteiger partial charge in [-0.15, -0.1) is 0 Å². The third-order valence-corrected chi connectivity index (χ3v) is 3.41. The van der Waals surface area contributed by atoms with E-state index in [0.717, 1.165) is 24.7 Å². The summed E-state index contributed by atoms with van der Waals surface area (Å²) in [4.78, 5) is 2.28. The zero-order valence-corrected chi connectivity index (χ0v) is 10.9. The summed E-state index contributed by atoms with van der Waals surface area (Å²) in [5, 5.41) is 0.780. The molecule has 2 unspecified atom stereocenters. The minimum atomic E-state index is 0.183. The van der Waals surface area contributed by atoms with E-state index in [4.69, 9.17) is 22.1 Å². The predicted octanol–water partition coefficient (Wildman–Crippen LogP) is 1.75. The molecule has 94 valence electrons. The fourth-order valence-corrected chi connectivity index (χ4v) is 2.30. The minimum Gasteiger partial charge on any atom is -0.379 e. The van der Waals surface area contributed by atoms with Crippen molar-refractivity contribution in [2.45, 2.75) is 12.6 Å². The van der Waals surface area contributed by atoms with Gasteiger partial charge in [0.2, 0.25) is 0 Å². The topological polar surface area (TPSA) is 38.5 Å². The van der Waals surface area contributed by atoms with Crippen molar-refractivity contribution in [1.29, 1.82) is 0 Å². The van der Waals surface area contributed by atoms with Crippen molar-refractivity contribution in [2.75, 3.05) is 26.8 Å². The van der Waals surface area contributed by atoms with E-state index in [9.17, 15) is 0 Å². The van der Waals surface area contributed by atoms with Crippen LogP contribution >= 0.6 is 11.6 Å². The highest BCUT2D eigenvalue weighted by Crippen LogP contribution is 2.15. The van der Waals surface area contributed by atoms with Gasteiger partial charge in [-0.05, 0) is 24.7 Å². The Labute approximate surface area is 107 Å². The second kappa shape index (κ2) is 5.83. The lowest BCUT2D eigenvalue weighted by Crippen LogP contribution is -2.36. The summed E-state index contributed by atoms with van der Waals surface area (Å²) in [6.07, 6.45) is 0. The van der Waals surface area contributed by atoms with E-state index in [-0.39, 0.29) is 6.04 Å². The number of ether oxygens (including phenoxy) is 1. The van der Waals surface area contributed by atoms with Gasteiger partial charge in [0.05, 0.1) is 13.2 Å². The molecule has 17 heavy (non-hydrogen) atoms. The minimum absolute atomic E-state index is 0.183. The van der Waals surface area contributed by atoms with E-state index in [1.54, 1.807) is 0 Å². The summed E-state index contributed by atoms with van der Waals surface area (Å²) in [6, 6.07) is 8.15. The quantitative estimate of drug-likeness (QED) is 0.890. The molecule has 0 bridgehead atoms. The molecule has 1 heterocycles. The molecule has 3 nitrogen and oxygen atoms in total. The van der Waals surface area contributed by atoms with Crippen LogP contribution < -0.4 is 5.73 Å². The maximum atomic E-state index is 5.97. The molecule has 1 aliphatic heterocycles. The van der Waals surface area contributed by atoms with E-state index in [0.29, 0.717) is 12.5 Å². The van der Waals surface area contributed by atoms with E-state index in [1.807, 2.05) is 12.1 Å². The van der Waals surface area contributed by atoms with Crippen LogP contribution in [0.25, 0.3) is 0 Å². The first-order valence-electron chi connectivity index (χ1n) is 5.91. The summed E-state index contributed by atoms with van der Waals surface area (Å²) >= 11 is 5.86. The highest BCUT2D eigenvalue weighted by molar-refractivity contribution is 6.30. The molecule has 0 amide bonds. The first-order chi connectivity index (χ1) is 8.15. The molecule has 0 radical (unpaired) electrons. The Morgan fingerprint density at radius 1 is 1.35 bits per heavy atom. The largest absolute Gasteiger partial charge is 0.379 e. The molecule has 0 aromatic heterocycles. The van der Waals surface area contributed by atoms with Crippen LogP contribution in [0.4, 0.5) is 0 Å². The molecule has 0 saturated carbocycles. The van der Waals surface area contributed by atoms with Gasteiger partial charge in [-0.3, -0.25) is 0 Å². The normalized spacial score (nSPS) is 24.5. The van der Waals surface area contributed by atoms with E-state index in [2.05, 4.69) is 24.1 Å². The van der Waals surface area contributed by atoms with Gasteiger partial charge in [0.15, 0.2) is 0 Å². The van der Waals surface area contributed by atoms with Crippen LogP contribution in [-0.2, 0) is 11.3 Å². The summed E-state index contributed by atoms with van der Waals surface area (Å²) in [5.41, 5.74) is 7.24. The highest BCUT2D eigenvalue weighted by Gasteiger charge is 2.25. The Hall–Kier alpha value is -0.610. The molecule has 4 heteroatoms.